The molecule has 2 aromatic carbocycles. The van der Waals surface area contributed by atoms with E-state index in [9.17, 15) is 13.6 Å². The van der Waals surface area contributed by atoms with E-state index in [2.05, 4.69) is 0 Å². The van der Waals surface area contributed by atoms with Crippen LogP contribution in [0.1, 0.15) is 15.9 Å². The van der Waals surface area contributed by atoms with Gasteiger partial charge in [-0.05, 0) is 35.9 Å². The molecule has 104 valence electrons. The maximum absolute atomic E-state index is 13.6. The van der Waals surface area contributed by atoms with Gasteiger partial charge in [0.25, 0.3) is 0 Å². The number of rotatable bonds is 4. The molecule has 0 aromatic heterocycles. The Kier molecular flexibility index (Phi) is 4.20. The molecule has 0 aliphatic heterocycles. The summed E-state index contributed by atoms with van der Waals surface area (Å²) >= 11 is 5.61. The van der Waals surface area contributed by atoms with E-state index in [1.54, 1.807) is 0 Å². The Morgan fingerprint density at radius 2 is 1.90 bits per heavy atom. The van der Waals surface area contributed by atoms with Crippen molar-refractivity contribution in [1.29, 1.82) is 0 Å². The fraction of sp³-hybridized carbons (Fsp3) is 0.0714. The average molecular weight is 299 g/mol. The molecule has 0 aliphatic rings. The van der Waals surface area contributed by atoms with E-state index in [-0.39, 0.29) is 22.9 Å². The van der Waals surface area contributed by atoms with Gasteiger partial charge in [-0.15, -0.1) is 0 Å². The highest BCUT2D eigenvalue weighted by atomic mass is 35.5. The Morgan fingerprint density at radius 3 is 2.50 bits per heavy atom. The number of aromatic carboxylic acids is 1. The zero-order valence-electron chi connectivity index (χ0n) is 10.1. The Labute approximate surface area is 118 Å². The molecular weight excluding hydrogens is 290 g/mol. The first-order valence-electron chi connectivity index (χ1n) is 5.57. The molecule has 0 saturated heterocycles. The second kappa shape index (κ2) is 5.88. The van der Waals surface area contributed by atoms with E-state index in [1.807, 2.05) is 0 Å². The summed E-state index contributed by atoms with van der Waals surface area (Å²) in [6, 6.07) is 7.35. The second-order valence-corrected chi connectivity index (χ2v) is 4.39. The lowest BCUT2D eigenvalue weighted by Crippen LogP contribution is -2.01. The van der Waals surface area contributed by atoms with Crippen LogP contribution in [0, 0.1) is 11.6 Å². The van der Waals surface area contributed by atoms with Gasteiger partial charge in [0, 0.05) is 0 Å². The number of halogens is 3. The van der Waals surface area contributed by atoms with Gasteiger partial charge in [-0.2, -0.15) is 0 Å². The number of carboxylic acids is 1. The smallest absolute Gasteiger partial charge is 0.335 e. The normalized spacial score (nSPS) is 10.3. The topological polar surface area (TPSA) is 46.5 Å². The molecule has 3 nitrogen and oxygen atoms in total. The molecule has 0 spiro atoms. The minimum absolute atomic E-state index is 0.0106. The molecule has 0 atom stereocenters. The SMILES string of the molecule is O=C(O)c1ccc(OCc2ccc(F)c(Cl)c2)c(F)c1. The Bertz CT molecular complexity index is 659. The number of carboxylic acid groups (broad SMARTS) is 1. The van der Waals surface area contributed by atoms with E-state index in [0.717, 1.165) is 6.07 Å². The van der Waals surface area contributed by atoms with Crippen LogP contribution in [-0.4, -0.2) is 11.1 Å². The maximum atomic E-state index is 13.6. The van der Waals surface area contributed by atoms with Crippen molar-refractivity contribution in [2.45, 2.75) is 6.61 Å². The summed E-state index contributed by atoms with van der Waals surface area (Å²) in [5, 5.41) is 8.66. The third kappa shape index (κ3) is 3.24. The minimum atomic E-state index is -1.22. The quantitative estimate of drug-likeness (QED) is 0.931. The summed E-state index contributed by atoms with van der Waals surface area (Å²) < 4.78 is 31.7. The molecule has 6 heteroatoms. The van der Waals surface area contributed by atoms with Gasteiger partial charge < -0.3 is 9.84 Å². The third-order valence-electron chi connectivity index (χ3n) is 2.56. The molecule has 0 bridgehead atoms. The van der Waals surface area contributed by atoms with Crippen molar-refractivity contribution in [2.24, 2.45) is 0 Å². The first-order chi connectivity index (χ1) is 9.47. The van der Waals surface area contributed by atoms with Gasteiger partial charge in [0.15, 0.2) is 11.6 Å². The second-order valence-electron chi connectivity index (χ2n) is 3.99. The van der Waals surface area contributed by atoms with Crippen LogP contribution in [0.5, 0.6) is 5.75 Å². The predicted octanol–water partition coefficient (Wildman–Crippen LogP) is 3.90. The van der Waals surface area contributed by atoms with E-state index in [1.165, 1.54) is 30.3 Å². The fourth-order valence-corrected chi connectivity index (χ4v) is 1.74. The Morgan fingerprint density at radius 1 is 1.15 bits per heavy atom. The molecule has 0 fully saturated rings. The van der Waals surface area contributed by atoms with Gasteiger partial charge in [-0.1, -0.05) is 17.7 Å². The summed E-state index contributed by atoms with van der Waals surface area (Å²) in [4.78, 5) is 10.7. The van der Waals surface area contributed by atoms with Crippen LogP contribution in [-0.2, 0) is 6.61 Å². The molecule has 0 radical (unpaired) electrons. The first-order valence-corrected chi connectivity index (χ1v) is 5.95. The van der Waals surface area contributed by atoms with Crippen molar-refractivity contribution in [1.82, 2.24) is 0 Å². The molecule has 0 heterocycles. The van der Waals surface area contributed by atoms with Gasteiger partial charge in [-0.3, -0.25) is 0 Å². The van der Waals surface area contributed by atoms with Crippen molar-refractivity contribution in [2.75, 3.05) is 0 Å². The molecule has 0 amide bonds. The summed E-state index contributed by atoms with van der Waals surface area (Å²) in [5.41, 5.74) is 0.401. The molecule has 0 unspecified atom stereocenters. The third-order valence-corrected chi connectivity index (χ3v) is 2.85. The van der Waals surface area contributed by atoms with Crippen molar-refractivity contribution < 1.29 is 23.4 Å². The highest BCUT2D eigenvalue weighted by Crippen LogP contribution is 2.21. The lowest BCUT2D eigenvalue weighted by Gasteiger charge is -2.08. The molecule has 2 aromatic rings. The predicted molar refractivity (Wildman–Crippen MR) is 69.1 cm³/mol. The molecule has 0 saturated carbocycles. The van der Waals surface area contributed by atoms with Crippen LogP contribution in [0.2, 0.25) is 5.02 Å². The molecule has 1 N–H and O–H groups in total. The van der Waals surface area contributed by atoms with Crippen LogP contribution in [0.3, 0.4) is 0 Å². The number of hydrogen-bond acceptors (Lipinski definition) is 2. The molecular formula is C14H9ClF2O3. The molecule has 20 heavy (non-hydrogen) atoms. The van der Waals surface area contributed by atoms with Crippen molar-refractivity contribution >= 4 is 17.6 Å². The number of benzene rings is 2. The summed E-state index contributed by atoms with van der Waals surface area (Å²) in [6.07, 6.45) is 0. The van der Waals surface area contributed by atoms with Crippen LogP contribution in [0.4, 0.5) is 8.78 Å². The fourth-order valence-electron chi connectivity index (χ4n) is 1.54. The van der Waals surface area contributed by atoms with Crippen LogP contribution < -0.4 is 4.74 Å². The first kappa shape index (κ1) is 14.3. The monoisotopic (exact) mass is 298 g/mol. The van der Waals surface area contributed by atoms with Crippen molar-refractivity contribution in [3.8, 4) is 5.75 Å². The Balaban J connectivity index is 2.10. The summed E-state index contributed by atoms with van der Waals surface area (Å²) in [6.45, 7) is -0.0106. The number of carbonyl (C=O) groups is 1. The zero-order valence-corrected chi connectivity index (χ0v) is 10.8. The average Bonchev–Trinajstić information content (AvgIpc) is 2.41. The van der Waals surface area contributed by atoms with E-state index in [4.69, 9.17) is 21.4 Å². The van der Waals surface area contributed by atoms with Gasteiger partial charge in [0.05, 0.1) is 10.6 Å². The van der Waals surface area contributed by atoms with Crippen molar-refractivity contribution in [3.63, 3.8) is 0 Å². The van der Waals surface area contributed by atoms with E-state index >= 15 is 0 Å². The Hall–Kier alpha value is -2.14. The van der Waals surface area contributed by atoms with Gasteiger partial charge >= 0.3 is 5.97 Å². The minimum Gasteiger partial charge on any atom is -0.486 e. The number of hydrogen-bond donors (Lipinski definition) is 1. The number of ether oxygens (including phenoxy) is 1. The zero-order chi connectivity index (χ0) is 14.7. The van der Waals surface area contributed by atoms with Gasteiger partial charge in [0.1, 0.15) is 12.4 Å². The van der Waals surface area contributed by atoms with Crippen molar-refractivity contribution in [3.05, 3.63) is 64.2 Å². The highest BCUT2D eigenvalue weighted by Gasteiger charge is 2.09. The molecule has 2 rings (SSSR count). The molecule has 0 aliphatic carbocycles. The standard InChI is InChI=1S/C14H9ClF2O3/c15-10-5-8(1-3-11(10)16)7-20-13-4-2-9(14(18)19)6-12(13)17/h1-6H,7H2,(H,18,19). The van der Waals surface area contributed by atoms with Gasteiger partial charge in [0.2, 0.25) is 0 Å². The van der Waals surface area contributed by atoms with Gasteiger partial charge in [-0.25, -0.2) is 13.6 Å². The highest BCUT2D eigenvalue weighted by molar-refractivity contribution is 6.30. The van der Waals surface area contributed by atoms with E-state index < -0.39 is 17.6 Å². The summed E-state index contributed by atoms with van der Waals surface area (Å²) in [5.74, 6) is -2.64. The van der Waals surface area contributed by atoms with Crippen LogP contribution in [0.25, 0.3) is 0 Å². The largest absolute Gasteiger partial charge is 0.486 e. The lowest BCUT2D eigenvalue weighted by molar-refractivity contribution is 0.0696. The lowest BCUT2D eigenvalue weighted by atomic mass is 10.2. The summed E-state index contributed by atoms with van der Waals surface area (Å²) in [7, 11) is 0. The van der Waals surface area contributed by atoms with Crippen LogP contribution in [0.15, 0.2) is 36.4 Å². The van der Waals surface area contributed by atoms with Crippen LogP contribution >= 0.6 is 11.6 Å². The maximum Gasteiger partial charge on any atom is 0.335 e. The van der Waals surface area contributed by atoms with E-state index in [0.29, 0.717) is 5.56 Å².